The van der Waals surface area contributed by atoms with E-state index < -0.39 is 11.6 Å². The number of hydrogen-bond donors (Lipinski definition) is 1. The Balaban J connectivity index is 1.69. The van der Waals surface area contributed by atoms with E-state index in [2.05, 4.69) is 20.3 Å². The predicted molar refractivity (Wildman–Crippen MR) is 97.4 cm³/mol. The molecule has 0 unspecified atom stereocenters. The Morgan fingerprint density at radius 1 is 0.923 bits per heavy atom. The van der Waals surface area contributed by atoms with Gasteiger partial charge in [0.25, 0.3) is 0 Å². The third-order valence-corrected chi connectivity index (χ3v) is 4.09. The standard InChI is InChI=1S/C19H11ClF2N4/c20-14-9-12(3-5-15(14)21)18-16(22)10-24-19(26-18)25-13-4-6-17-11(8-13)2-1-7-23-17/h1-10H,(H,24,25,26). The van der Waals surface area contributed by atoms with Crippen molar-refractivity contribution in [1.82, 2.24) is 15.0 Å². The van der Waals surface area contributed by atoms with E-state index in [1.807, 2.05) is 30.3 Å². The van der Waals surface area contributed by atoms with Crippen molar-refractivity contribution in [1.29, 1.82) is 0 Å². The van der Waals surface area contributed by atoms with Gasteiger partial charge in [0.15, 0.2) is 5.82 Å². The molecular weight excluding hydrogens is 358 g/mol. The maximum atomic E-state index is 14.1. The predicted octanol–water partition coefficient (Wildman–Crippen LogP) is 5.37. The monoisotopic (exact) mass is 368 g/mol. The molecule has 0 aliphatic carbocycles. The summed E-state index contributed by atoms with van der Waals surface area (Å²) in [6.45, 7) is 0. The van der Waals surface area contributed by atoms with E-state index in [9.17, 15) is 8.78 Å². The summed E-state index contributed by atoms with van der Waals surface area (Å²) in [5, 5.41) is 3.88. The Morgan fingerprint density at radius 2 is 1.81 bits per heavy atom. The Labute approximate surface area is 152 Å². The number of nitrogens with one attached hydrogen (secondary N) is 1. The van der Waals surface area contributed by atoms with Gasteiger partial charge >= 0.3 is 0 Å². The molecule has 0 radical (unpaired) electrons. The van der Waals surface area contributed by atoms with E-state index >= 15 is 0 Å². The van der Waals surface area contributed by atoms with Gasteiger partial charge in [-0.2, -0.15) is 0 Å². The highest BCUT2D eigenvalue weighted by atomic mass is 35.5. The molecule has 4 aromatic rings. The molecule has 4 rings (SSSR count). The molecule has 1 N–H and O–H groups in total. The van der Waals surface area contributed by atoms with Crippen LogP contribution in [-0.4, -0.2) is 15.0 Å². The van der Waals surface area contributed by atoms with Crippen molar-refractivity contribution in [3.8, 4) is 11.3 Å². The zero-order chi connectivity index (χ0) is 18.1. The lowest BCUT2D eigenvalue weighted by Gasteiger charge is -2.09. The smallest absolute Gasteiger partial charge is 0.227 e. The van der Waals surface area contributed by atoms with Gasteiger partial charge in [-0.25, -0.2) is 18.7 Å². The fourth-order valence-corrected chi connectivity index (χ4v) is 2.74. The van der Waals surface area contributed by atoms with Gasteiger partial charge in [-0.15, -0.1) is 0 Å². The van der Waals surface area contributed by atoms with Crippen molar-refractivity contribution in [3.05, 3.63) is 77.6 Å². The number of aromatic nitrogens is 3. The summed E-state index contributed by atoms with van der Waals surface area (Å²) >= 11 is 5.78. The van der Waals surface area contributed by atoms with Gasteiger partial charge < -0.3 is 5.32 Å². The molecule has 0 saturated carbocycles. The van der Waals surface area contributed by atoms with Crippen LogP contribution in [0.3, 0.4) is 0 Å². The first-order chi connectivity index (χ1) is 12.6. The average molecular weight is 369 g/mol. The molecule has 2 heterocycles. The number of halogens is 3. The van der Waals surface area contributed by atoms with Crippen molar-refractivity contribution >= 4 is 34.1 Å². The molecule has 0 bridgehead atoms. The molecule has 2 aromatic heterocycles. The Hall–Kier alpha value is -3.12. The summed E-state index contributed by atoms with van der Waals surface area (Å²) < 4.78 is 27.5. The first kappa shape index (κ1) is 16.4. The molecule has 128 valence electrons. The average Bonchev–Trinajstić information content (AvgIpc) is 2.65. The van der Waals surface area contributed by atoms with Gasteiger partial charge in [-0.3, -0.25) is 4.98 Å². The van der Waals surface area contributed by atoms with Crippen molar-refractivity contribution in [2.75, 3.05) is 5.32 Å². The van der Waals surface area contributed by atoms with Crippen LogP contribution >= 0.6 is 11.6 Å². The maximum absolute atomic E-state index is 14.1. The number of anilines is 2. The van der Waals surface area contributed by atoms with Crippen LogP contribution in [0.4, 0.5) is 20.4 Å². The summed E-state index contributed by atoms with van der Waals surface area (Å²) in [5.41, 5.74) is 1.99. The van der Waals surface area contributed by atoms with E-state index in [4.69, 9.17) is 11.6 Å². The molecule has 7 heteroatoms. The molecule has 4 nitrogen and oxygen atoms in total. The van der Waals surface area contributed by atoms with Gasteiger partial charge in [0.05, 0.1) is 16.7 Å². The van der Waals surface area contributed by atoms with Gasteiger partial charge in [-0.05, 0) is 42.5 Å². The van der Waals surface area contributed by atoms with E-state index in [0.717, 1.165) is 22.8 Å². The highest BCUT2D eigenvalue weighted by Gasteiger charge is 2.12. The van der Waals surface area contributed by atoms with Crippen LogP contribution in [0.2, 0.25) is 5.02 Å². The lowest BCUT2D eigenvalue weighted by molar-refractivity contribution is 0.617. The van der Waals surface area contributed by atoms with Crippen molar-refractivity contribution in [2.45, 2.75) is 0 Å². The highest BCUT2D eigenvalue weighted by molar-refractivity contribution is 6.31. The molecule has 0 fully saturated rings. The number of nitrogens with zero attached hydrogens (tertiary/aromatic N) is 3. The fraction of sp³-hybridized carbons (Fsp3) is 0. The topological polar surface area (TPSA) is 50.7 Å². The third kappa shape index (κ3) is 3.19. The molecule has 0 amide bonds. The normalized spacial score (nSPS) is 10.9. The number of hydrogen-bond acceptors (Lipinski definition) is 4. The molecule has 0 spiro atoms. The number of rotatable bonds is 3. The number of fused-ring (bicyclic) bond motifs is 1. The molecule has 26 heavy (non-hydrogen) atoms. The first-order valence-corrected chi connectivity index (χ1v) is 8.08. The lowest BCUT2D eigenvalue weighted by Crippen LogP contribution is -2.00. The van der Waals surface area contributed by atoms with Gasteiger partial charge in [0.2, 0.25) is 5.95 Å². The maximum Gasteiger partial charge on any atom is 0.227 e. The van der Waals surface area contributed by atoms with Crippen LogP contribution in [0.1, 0.15) is 0 Å². The van der Waals surface area contributed by atoms with E-state index in [1.165, 1.54) is 18.2 Å². The van der Waals surface area contributed by atoms with E-state index in [-0.39, 0.29) is 16.7 Å². The summed E-state index contributed by atoms with van der Waals surface area (Å²) in [6, 6.07) is 13.3. The van der Waals surface area contributed by atoms with Crippen LogP contribution in [0.25, 0.3) is 22.2 Å². The molecule has 0 aliphatic heterocycles. The minimum absolute atomic E-state index is 0.0341. The zero-order valence-electron chi connectivity index (χ0n) is 13.2. The van der Waals surface area contributed by atoms with Crippen LogP contribution in [0.15, 0.2) is 60.9 Å². The molecule has 0 atom stereocenters. The fourth-order valence-electron chi connectivity index (χ4n) is 2.56. The van der Waals surface area contributed by atoms with Gasteiger partial charge in [0.1, 0.15) is 11.5 Å². The SMILES string of the molecule is Fc1ccc(-c2nc(Nc3ccc4ncccc4c3)ncc2F)cc1Cl. The molecular formula is C19H11ClF2N4. The highest BCUT2D eigenvalue weighted by Crippen LogP contribution is 2.27. The second kappa shape index (κ2) is 6.65. The van der Waals surface area contributed by atoms with Crippen LogP contribution in [-0.2, 0) is 0 Å². The summed E-state index contributed by atoms with van der Waals surface area (Å²) in [5.74, 6) is -0.987. The lowest BCUT2D eigenvalue weighted by atomic mass is 10.1. The summed E-state index contributed by atoms with van der Waals surface area (Å²) in [4.78, 5) is 12.4. The quantitative estimate of drug-likeness (QED) is 0.528. The number of pyridine rings is 1. The van der Waals surface area contributed by atoms with Crippen molar-refractivity contribution in [2.24, 2.45) is 0 Å². The third-order valence-electron chi connectivity index (χ3n) is 3.80. The Morgan fingerprint density at radius 3 is 2.65 bits per heavy atom. The van der Waals surface area contributed by atoms with Crippen molar-refractivity contribution in [3.63, 3.8) is 0 Å². The van der Waals surface area contributed by atoms with E-state index in [0.29, 0.717) is 5.56 Å². The van der Waals surface area contributed by atoms with Gasteiger partial charge in [-0.1, -0.05) is 17.7 Å². The van der Waals surface area contributed by atoms with Crippen LogP contribution in [0.5, 0.6) is 0 Å². The zero-order valence-corrected chi connectivity index (χ0v) is 14.0. The number of benzene rings is 2. The molecule has 2 aromatic carbocycles. The van der Waals surface area contributed by atoms with Crippen LogP contribution in [0, 0.1) is 11.6 Å². The van der Waals surface area contributed by atoms with Gasteiger partial charge in [0, 0.05) is 22.8 Å². The summed E-state index contributed by atoms with van der Waals surface area (Å²) in [6.07, 6.45) is 2.78. The van der Waals surface area contributed by atoms with Crippen LogP contribution < -0.4 is 5.32 Å². The first-order valence-electron chi connectivity index (χ1n) is 7.70. The minimum atomic E-state index is -0.624. The Kier molecular flexibility index (Phi) is 4.18. The molecule has 0 saturated heterocycles. The molecule has 0 aliphatic rings. The second-order valence-electron chi connectivity index (χ2n) is 5.55. The summed E-state index contributed by atoms with van der Waals surface area (Å²) in [7, 11) is 0. The minimum Gasteiger partial charge on any atom is -0.324 e. The van der Waals surface area contributed by atoms with E-state index in [1.54, 1.807) is 6.20 Å². The van der Waals surface area contributed by atoms with Crippen molar-refractivity contribution < 1.29 is 8.78 Å². The second-order valence-corrected chi connectivity index (χ2v) is 5.96. The largest absolute Gasteiger partial charge is 0.324 e. The Bertz CT molecular complexity index is 1120.